The Morgan fingerprint density at radius 1 is 0.879 bits per heavy atom. The van der Waals surface area contributed by atoms with Gasteiger partial charge in [-0.2, -0.15) is 0 Å². The third-order valence-electron chi connectivity index (χ3n) is 5.74. The molecule has 2 amide bonds. The Bertz CT molecular complexity index is 1180. The van der Waals surface area contributed by atoms with Gasteiger partial charge in [0, 0.05) is 29.0 Å². The third kappa shape index (κ3) is 5.67. The summed E-state index contributed by atoms with van der Waals surface area (Å²) in [7, 11) is 0. The number of fused-ring (bicyclic) bond motifs is 1. The standard InChI is InChI=1S/C27H26N2O4/c30-26(28-17-16-22(27(31)29-32)11-10-19-6-2-1-3-7-19)21-14-12-20(13-15-21)25-18-23-8-4-5-9-24(23)33-25/h1-9,12-15,18,22,32H,10-11,16-17H2,(H,28,30)(H,29,31). The maximum absolute atomic E-state index is 12.5. The van der Waals surface area contributed by atoms with Crippen molar-refractivity contribution in [3.8, 4) is 11.3 Å². The van der Waals surface area contributed by atoms with Crippen LogP contribution in [-0.2, 0) is 11.2 Å². The molecule has 6 nitrogen and oxygen atoms in total. The van der Waals surface area contributed by atoms with Gasteiger partial charge in [-0.1, -0.05) is 60.7 Å². The van der Waals surface area contributed by atoms with Crippen LogP contribution in [-0.4, -0.2) is 23.6 Å². The minimum absolute atomic E-state index is 0.211. The average molecular weight is 443 g/mol. The highest BCUT2D eigenvalue weighted by Crippen LogP contribution is 2.27. The minimum atomic E-state index is -0.435. The molecule has 1 heterocycles. The summed E-state index contributed by atoms with van der Waals surface area (Å²) in [6, 6.07) is 26.9. The maximum atomic E-state index is 12.5. The van der Waals surface area contributed by atoms with Crippen LogP contribution in [0.5, 0.6) is 0 Å². The van der Waals surface area contributed by atoms with E-state index in [1.807, 2.05) is 72.8 Å². The van der Waals surface area contributed by atoms with E-state index in [0.29, 0.717) is 24.9 Å². The summed E-state index contributed by atoms with van der Waals surface area (Å²) in [4.78, 5) is 24.6. The molecule has 0 aliphatic carbocycles. The molecule has 0 aliphatic rings. The number of hydrogen-bond donors (Lipinski definition) is 3. The monoisotopic (exact) mass is 442 g/mol. The number of rotatable bonds is 9. The molecule has 33 heavy (non-hydrogen) atoms. The van der Waals surface area contributed by atoms with E-state index in [1.54, 1.807) is 17.6 Å². The van der Waals surface area contributed by atoms with Gasteiger partial charge in [-0.15, -0.1) is 0 Å². The molecule has 168 valence electrons. The molecule has 0 saturated heterocycles. The number of carbonyl (C=O) groups is 2. The molecule has 0 fully saturated rings. The zero-order valence-electron chi connectivity index (χ0n) is 18.2. The Morgan fingerprint density at radius 2 is 1.61 bits per heavy atom. The minimum Gasteiger partial charge on any atom is -0.456 e. The van der Waals surface area contributed by atoms with Crippen LogP contribution in [0.1, 0.15) is 28.8 Å². The first-order chi connectivity index (χ1) is 16.1. The van der Waals surface area contributed by atoms with Gasteiger partial charge < -0.3 is 9.73 Å². The Kier molecular flexibility index (Phi) is 7.17. The van der Waals surface area contributed by atoms with Crippen LogP contribution in [0.4, 0.5) is 0 Å². The average Bonchev–Trinajstić information content (AvgIpc) is 3.30. The SMILES string of the molecule is O=C(NCCC(CCc1ccccc1)C(=O)NO)c1ccc(-c2cc3ccccc3o2)cc1. The smallest absolute Gasteiger partial charge is 0.251 e. The molecule has 0 saturated carbocycles. The van der Waals surface area contributed by atoms with E-state index in [0.717, 1.165) is 34.3 Å². The number of hydroxylamine groups is 1. The summed E-state index contributed by atoms with van der Waals surface area (Å²) in [6.45, 7) is 0.330. The molecule has 1 atom stereocenters. The largest absolute Gasteiger partial charge is 0.456 e. The van der Waals surface area contributed by atoms with Gasteiger partial charge in [0.2, 0.25) is 5.91 Å². The lowest BCUT2D eigenvalue weighted by Gasteiger charge is -2.15. The second-order valence-electron chi connectivity index (χ2n) is 7.97. The van der Waals surface area contributed by atoms with E-state index in [9.17, 15) is 9.59 Å². The molecular weight excluding hydrogens is 416 g/mol. The van der Waals surface area contributed by atoms with Crippen LogP contribution < -0.4 is 10.8 Å². The van der Waals surface area contributed by atoms with Gasteiger partial charge in [-0.05, 0) is 49.1 Å². The summed E-state index contributed by atoms with van der Waals surface area (Å²) in [5.41, 5.74) is 5.11. The van der Waals surface area contributed by atoms with Crippen molar-refractivity contribution in [1.29, 1.82) is 0 Å². The first kappa shape index (κ1) is 22.3. The summed E-state index contributed by atoms with van der Waals surface area (Å²) in [5, 5.41) is 13.0. The van der Waals surface area contributed by atoms with Crippen molar-refractivity contribution >= 4 is 22.8 Å². The number of amides is 2. The summed E-state index contributed by atoms with van der Waals surface area (Å²) in [6.07, 6.45) is 1.73. The van der Waals surface area contributed by atoms with E-state index < -0.39 is 11.8 Å². The van der Waals surface area contributed by atoms with Gasteiger partial charge in [0.05, 0.1) is 0 Å². The third-order valence-corrected chi connectivity index (χ3v) is 5.74. The van der Waals surface area contributed by atoms with Crippen molar-refractivity contribution in [2.24, 2.45) is 5.92 Å². The molecule has 1 aromatic heterocycles. The number of carbonyl (C=O) groups excluding carboxylic acids is 2. The van der Waals surface area contributed by atoms with Crippen molar-refractivity contribution in [3.63, 3.8) is 0 Å². The number of furan rings is 1. The number of para-hydroxylation sites is 1. The second-order valence-corrected chi connectivity index (χ2v) is 7.97. The van der Waals surface area contributed by atoms with Gasteiger partial charge in [0.25, 0.3) is 5.91 Å². The van der Waals surface area contributed by atoms with Gasteiger partial charge in [-0.25, -0.2) is 5.48 Å². The van der Waals surface area contributed by atoms with E-state index in [4.69, 9.17) is 9.62 Å². The van der Waals surface area contributed by atoms with Crippen LogP contribution in [0.15, 0.2) is 89.3 Å². The van der Waals surface area contributed by atoms with E-state index >= 15 is 0 Å². The maximum Gasteiger partial charge on any atom is 0.251 e. The molecule has 0 radical (unpaired) electrons. The quantitative estimate of drug-likeness (QED) is 0.252. The highest BCUT2D eigenvalue weighted by molar-refractivity contribution is 5.94. The van der Waals surface area contributed by atoms with Crippen molar-refractivity contribution in [3.05, 3.63) is 96.1 Å². The normalized spacial score (nSPS) is 11.8. The summed E-state index contributed by atoms with van der Waals surface area (Å²) in [5.74, 6) is -0.293. The van der Waals surface area contributed by atoms with Crippen LogP contribution in [0.25, 0.3) is 22.3 Å². The molecule has 4 aromatic rings. The molecular formula is C27H26N2O4. The van der Waals surface area contributed by atoms with Gasteiger partial charge in [0.15, 0.2) is 0 Å². The lowest BCUT2D eigenvalue weighted by Crippen LogP contribution is -2.32. The molecule has 0 aliphatic heterocycles. The summed E-state index contributed by atoms with van der Waals surface area (Å²) >= 11 is 0. The Hall–Kier alpha value is -3.90. The number of benzene rings is 3. The summed E-state index contributed by atoms with van der Waals surface area (Å²) < 4.78 is 5.87. The van der Waals surface area contributed by atoms with Crippen LogP contribution in [0, 0.1) is 5.92 Å². The highest BCUT2D eigenvalue weighted by Gasteiger charge is 2.18. The Balaban J connectivity index is 1.31. The molecule has 3 aromatic carbocycles. The topological polar surface area (TPSA) is 91.6 Å². The number of aryl methyl sites for hydroxylation is 1. The number of hydrogen-bond acceptors (Lipinski definition) is 4. The molecule has 0 bridgehead atoms. The lowest BCUT2D eigenvalue weighted by atomic mass is 9.95. The van der Waals surface area contributed by atoms with Crippen molar-refractivity contribution in [1.82, 2.24) is 10.8 Å². The molecule has 1 unspecified atom stereocenters. The van der Waals surface area contributed by atoms with E-state index in [1.165, 1.54) is 0 Å². The molecule has 0 spiro atoms. The fraction of sp³-hybridized carbons (Fsp3) is 0.185. The van der Waals surface area contributed by atoms with Crippen LogP contribution in [0.3, 0.4) is 0 Å². The van der Waals surface area contributed by atoms with Gasteiger partial charge in [-0.3, -0.25) is 14.8 Å². The van der Waals surface area contributed by atoms with Crippen molar-refractivity contribution in [2.45, 2.75) is 19.3 Å². The second kappa shape index (κ2) is 10.6. The van der Waals surface area contributed by atoms with Gasteiger partial charge in [0.1, 0.15) is 11.3 Å². The lowest BCUT2D eigenvalue weighted by molar-refractivity contribution is -0.133. The first-order valence-electron chi connectivity index (χ1n) is 11.0. The number of nitrogens with one attached hydrogen (secondary N) is 2. The van der Waals surface area contributed by atoms with Crippen molar-refractivity contribution in [2.75, 3.05) is 6.54 Å². The molecule has 4 rings (SSSR count). The van der Waals surface area contributed by atoms with Crippen LogP contribution >= 0.6 is 0 Å². The molecule has 6 heteroatoms. The fourth-order valence-electron chi connectivity index (χ4n) is 3.86. The highest BCUT2D eigenvalue weighted by atomic mass is 16.5. The van der Waals surface area contributed by atoms with E-state index in [-0.39, 0.29) is 5.91 Å². The van der Waals surface area contributed by atoms with Crippen molar-refractivity contribution < 1.29 is 19.2 Å². The Labute approximate surface area is 192 Å². The molecule has 3 N–H and O–H groups in total. The fourth-order valence-corrected chi connectivity index (χ4v) is 3.86. The predicted octanol–water partition coefficient (Wildman–Crippen LogP) is 4.97. The Morgan fingerprint density at radius 3 is 2.33 bits per heavy atom. The van der Waals surface area contributed by atoms with Gasteiger partial charge >= 0.3 is 0 Å². The predicted molar refractivity (Wildman–Crippen MR) is 127 cm³/mol. The zero-order chi connectivity index (χ0) is 23.0. The van der Waals surface area contributed by atoms with Crippen LogP contribution in [0.2, 0.25) is 0 Å². The zero-order valence-corrected chi connectivity index (χ0v) is 18.2. The first-order valence-corrected chi connectivity index (χ1v) is 11.0. The van der Waals surface area contributed by atoms with E-state index in [2.05, 4.69) is 5.32 Å².